The molecule has 1 atom stereocenters. The van der Waals surface area contributed by atoms with Crippen LogP contribution < -0.4 is 15.4 Å². The molecule has 2 heterocycles. The maximum atomic E-state index is 15.0. The van der Waals surface area contributed by atoms with Crippen molar-refractivity contribution in [3.63, 3.8) is 0 Å². The van der Waals surface area contributed by atoms with Crippen molar-refractivity contribution >= 4 is 35.4 Å². The van der Waals surface area contributed by atoms with Crippen molar-refractivity contribution in [2.45, 2.75) is 52.0 Å². The zero-order valence-electron chi connectivity index (χ0n) is 35.9. The Hall–Kier alpha value is -6.02. The van der Waals surface area contributed by atoms with E-state index in [1.165, 1.54) is 18.2 Å². The van der Waals surface area contributed by atoms with Gasteiger partial charge in [0.15, 0.2) is 0 Å². The molecule has 2 fully saturated rings. The highest BCUT2D eigenvalue weighted by atomic mass is 35.5. The number of anilines is 1. The van der Waals surface area contributed by atoms with Crippen LogP contribution in [0.1, 0.15) is 42.0 Å². The summed E-state index contributed by atoms with van der Waals surface area (Å²) in [7, 11) is 0. The average Bonchev–Trinajstić information content (AvgIpc) is 3.30. The summed E-state index contributed by atoms with van der Waals surface area (Å²) in [5, 5.41) is 6.14. The van der Waals surface area contributed by atoms with Crippen LogP contribution in [0.4, 0.5) is 24.1 Å². The maximum absolute atomic E-state index is 15.0. The van der Waals surface area contributed by atoms with E-state index in [4.69, 9.17) is 25.8 Å². The van der Waals surface area contributed by atoms with Gasteiger partial charge in [0.2, 0.25) is 5.91 Å². The third-order valence-corrected chi connectivity index (χ3v) is 12.0. The second kappa shape index (κ2) is 22.6. The third kappa shape index (κ3) is 12.8. The number of alkyl carbamates (subject to hydrolysis) is 1. The molecule has 3 amide bonds. The summed E-state index contributed by atoms with van der Waals surface area (Å²) in [5.41, 5.74) is 4.71. The fraction of sp³-hybridized carbons (Fsp3) is 0.340. The lowest BCUT2D eigenvalue weighted by atomic mass is 9.88. The van der Waals surface area contributed by atoms with Gasteiger partial charge in [-0.25, -0.2) is 18.4 Å². The van der Waals surface area contributed by atoms with Crippen LogP contribution >= 0.6 is 11.6 Å². The predicted molar refractivity (Wildman–Crippen MR) is 243 cm³/mol. The van der Waals surface area contributed by atoms with Crippen molar-refractivity contribution in [2.24, 2.45) is 5.92 Å². The van der Waals surface area contributed by atoms with Crippen LogP contribution in [0.2, 0.25) is 5.02 Å². The monoisotopic (exact) mass is 893 g/mol. The zero-order chi connectivity index (χ0) is 44.8. The van der Waals surface area contributed by atoms with Crippen LogP contribution in [-0.2, 0) is 40.4 Å². The molecular weight excluding hydrogens is 840 g/mol. The summed E-state index contributed by atoms with van der Waals surface area (Å²) in [6.07, 6.45) is 0.572. The Morgan fingerprint density at radius 3 is 2.09 bits per heavy atom. The van der Waals surface area contributed by atoms with Crippen LogP contribution in [0.15, 0.2) is 115 Å². The molecule has 7 rings (SSSR count). The first-order valence-corrected chi connectivity index (χ1v) is 22.2. The molecule has 336 valence electrons. The van der Waals surface area contributed by atoms with Crippen molar-refractivity contribution in [3.8, 4) is 16.9 Å². The largest absolute Gasteiger partial charge is 0.493 e. The van der Waals surface area contributed by atoms with Crippen LogP contribution in [0.5, 0.6) is 5.75 Å². The number of halogens is 3. The van der Waals surface area contributed by atoms with Gasteiger partial charge < -0.3 is 29.3 Å². The number of hydrogen-bond acceptors (Lipinski definition) is 8. The summed E-state index contributed by atoms with van der Waals surface area (Å²) >= 11 is 6.49. The van der Waals surface area contributed by atoms with E-state index in [2.05, 4.69) is 20.4 Å². The van der Waals surface area contributed by atoms with E-state index in [1.54, 1.807) is 29.2 Å². The van der Waals surface area contributed by atoms with Gasteiger partial charge in [-0.2, -0.15) is 0 Å². The Morgan fingerprint density at radius 1 is 0.750 bits per heavy atom. The van der Waals surface area contributed by atoms with Crippen molar-refractivity contribution in [3.05, 3.63) is 154 Å². The molecule has 2 aliphatic heterocycles. The van der Waals surface area contributed by atoms with Gasteiger partial charge in [-0.1, -0.05) is 84.4 Å². The van der Waals surface area contributed by atoms with Crippen LogP contribution in [0.3, 0.4) is 0 Å². The van der Waals surface area contributed by atoms with Crippen LogP contribution in [0, 0.1) is 17.6 Å². The molecule has 0 spiro atoms. The molecule has 0 radical (unpaired) electrons. The first-order valence-electron chi connectivity index (χ1n) is 21.8. The average molecular weight is 894 g/mol. The molecule has 5 aromatic carbocycles. The molecule has 2 aliphatic rings. The van der Waals surface area contributed by atoms with Gasteiger partial charge in [0, 0.05) is 55.5 Å². The minimum absolute atomic E-state index is 0.0741. The standard InChI is InChI=1S/C50H54ClF2N5O6/c1-2-62-46-15-9-14-45(53)44(46)32-57-24-26-58(27-25-57)48(59)47(55-50(61)64-34-36-12-7-4-8-13-36)37-18-21-56(22-19-37)23-20-38-28-40(51)16-17-43(38)39-29-41(52)31-42(30-39)54-49(60)63-33-35-10-5-3-6-11-35/h3-17,28-31,37,47H,2,18-27,32-34H2,1H3,(H,54,60)(H,55,61)/t47-/m1/s1. The molecular formula is C50H54ClF2N5O6. The van der Waals surface area contributed by atoms with E-state index in [-0.39, 0.29) is 36.5 Å². The molecule has 0 aromatic heterocycles. The summed E-state index contributed by atoms with van der Waals surface area (Å²) in [6, 6.07) is 32.6. The summed E-state index contributed by atoms with van der Waals surface area (Å²) in [4.78, 5) is 46.4. The van der Waals surface area contributed by atoms with Gasteiger partial charge in [0.25, 0.3) is 0 Å². The smallest absolute Gasteiger partial charge is 0.411 e. The number of carbonyl (C=O) groups excluding carboxylic acids is 3. The highest BCUT2D eigenvalue weighted by molar-refractivity contribution is 6.30. The number of piperidine rings is 1. The number of benzene rings is 5. The lowest BCUT2D eigenvalue weighted by Gasteiger charge is -2.40. The van der Waals surface area contributed by atoms with Crippen LogP contribution in [0.25, 0.3) is 11.1 Å². The zero-order valence-corrected chi connectivity index (χ0v) is 36.7. The second-order valence-corrected chi connectivity index (χ2v) is 16.5. The van der Waals surface area contributed by atoms with Gasteiger partial charge >= 0.3 is 12.2 Å². The van der Waals surface area contributed by atoms with E-state index in [1.807, 2.05) is 79.7 Å². The number of piperazine rings is 1. The van der Waals surface area contributed by atoms with E-state index >= 15 is 4.39 Å². The van der Waals surface area contributed by atoms with E-state index in [0.717, 1.165) is 22.3 Å². The lowest BCUT2D eigenvalue weighted by Crippen LogP contribution is -2.58. The molecule has 14 heteroatoms. The van der Waals surface area contributed by atoms with Gasteiger partial charge in [-0.05, 0) is 115 Å². The van der Waals surface area contributed by atoms with Gasteiger partial charge in [-0.15, -0.1) is 0 Å². The molecule has 5 aromatic rings. The topological polar surface area (TPSA) is 113 Å². The minimum atomic E-state index is -0.793. The first kappa shape index (κ1) is 46.0. The van der Waals surface area contributed by atoms with Crippen molar-refractivity contribution in [2.75, 3.05) is 57.7 Å². The number of nitrogens with one attached hydrogen (secondary N) is 2. The number of ether oxygens (including phenoxy) is 3. The molecule has 0 unspecified atom stereocenters. The van der Waals surface area contributed by atoms with Gasteiger partial charge in [0.1, 0.15) is 36.6 Å². The Balaban J connectivity index is 0.972. The van der Waals surface area contributed by atoms with Crippen molar-refractivity contribution < 1.29 is 37.4 Å². The quantitative estimate of drug-likeness (QED) is 0.101. The fourth-order valence-electron chi connectivity index (χ4n) is 8.34. The number of nitrogens with zero attached hydrogens (tertiary/aromatic N) is 3. The Morgan fingerprint density at radius 2 is 1.42 bits per heavy atom. The second-order valence-electron chi connectivity index (χ2n) is 16.1. The molecule has 2 saturated heterocycles. The van der Waals surface area contributed by atoms with Gasteiger partial charge in [0.05, 0.1) is 6.61 Å². The Bertz CT molecular complexity index is 2340. The molecule has 64 heavy (non-hydrogen) atoms. The molecule has 11 nitrogen and oxygen atoms in total. The first-order chi connectivity index (χ1) is 31.1. The predicted octanol–water partition coefficient (Wildman–Crippen LogP) is 9.33. The lowest BCUT2D eigenvalue weighted by molar-refractivity contribution is -0.137. The number of rotatable bonds is 16. The highest BCUT2D eigenvalue weighted by Gasteiger charge is 2.37. The number of carbonyl (C=O) groups is 3. The van der Waals surface area contributed by atoms with Gasteiger partial charge in [-0.3, -0.25) is 15.0 Å². The normalized spacial score (nSPS) is 15.3. The summed E-state index contributed by atoms with van der Waals surface area (Å²) < 4.78 is 46.5. The third-order valence-electron chi connectivity index (χ3n) is 11.7. The highest BCUT2D eigenvalue weighted by Crippen LogP contribution is 2.31. The molecule has 2 N–H and O–H groups in total. The molecule has 0 saturated carbocycles. The number of likely N-dealkylation sites (tertiary alicyclic amines) is 1. The summed E-state index contributed by atoms with van der Waals surface area (Å²) in [5.74, 6) is -0.617. The maximum Gasteiger partial charge on any atom is 0.411 e. The number of hydrogen-bond donors (Lipinski definition) is 2. The van der Waals surface area contributed by atoms with E-state index in [0.29, 0.717) is 100 Å². The van der Waals surface area contributed by atoms with Crippen molar-refractivity contribution in [1.82, 2.24) is 20.0 Å². The fourth-order valence-corrected chi connectivity index (χ4v) is 8.53. The number of amides is 3. The SMILES string of the molecule is CCOc1cccc(F)c1CN1CCN(C(=O)[C@H](NC(=O)OCc2ccccc2)C2CCN(CCc3cc(Cl)ccc3-c3cc(F)cc(NC(=O)OCc4ccccc4)c3)CC2)CC1. The van der Waals surface area contributed by atoms with Crippen LogP contribution in [-0.4, -0.2) is 91.3 Å². The molecule has 0 bridgehead atoms. The summed E-state index contributed by atoms with van der Waals surface area (Å²) in [6.45, 7) is 6.77. The van der Waals surface area contributed by atoms with E-state index in [9.17, 15) is 18.8 Å². The van der Waals surface area contributed by atoms with E-state index < -0.39 is 24.0 Å². The Kier molecular flexibility index (Phi) is 16.2. The minimum Gasteiger partial charge on any atom is -0.493 e. The Labute approximate surface area is 378 Å². The van der Waals surface area contributed by atoms with Crippen molar-refractivity contribution in [1.29, 1.82) is 0 Å². The molecule has 0 aliphatic carbocycles.